The predicted molar refractivity (Wildman–Crippen MR) is 72.7 cm³/mol. The van der Waals surface area contributed by atoms with Gasteiger partial charge in [-0.1, -0.05) is 6.92 Å². The van der Waals surface area contributed by atoms with Gasteiger partial charge in [-0.25, -0.2) is 0 Å². The Hall–Kier alpha value is -1.15. The van der Waals surface area contributed by atoms with Crippen molar-refractivity contribution >= 4 is 0 Å². The molecule has 21 heavy (non-hydrogen) atoms. The maximum atomic E-state index is 12.8. The molecule has 0 saturated carbocycles. The standard InChI is InChI=1S/C13H22F3N5/c1-4-9(2)17-7-10(3)20-5-6-21-11(8-20)18-19-12(21)13(14,15)16/h9-10,17H,4-8H2,1-3H3. The van der Waals surface area contributed by atoms with E-state index in [-0.39, 0.29) is 12.6 Å². The number of hydrogen-bond donors (Lipinski definition) is 1. The second-order valence-electron chi connectivity index (χ2n) is 5.63. The normalized spacial score (nSPS) is 19.3. The molecule has 0 saturated heterocycles. The molecule has 0 amide bonds. The summed E-state index contributed by atoms with van der Waals surface area (Å²) < 4.78 is 39.5. The molecule has 120 valence electrons. The van der Waals surface area contributed by atoms with E-state index in [0.29, 0.717) is 25.0 Å². The van der Waals surface area contributed by atoms with Gasteiger partial charge >= 0.3 is 6.18 Å². The molecular formula is C13H22F3N5. The minimum absolute atomic E-state index is 0.249. The van der Waals surface area contributed by atoms with Gasteiger partial charge in [0.05, 0.1) is 6.54 Å². The summed E-state index contributed by atoms with van der Waals surface area (Å²) in [6.07, 6.45) is -3.38. The molecule has 0 radical (unpaired) electrons. The molecule has 5 nitrogen and oxygen atoms in total. The number of halogens is 3. The first kappa shape index (κ1) is 16.2. The smallest absolute Gasteiger partial charge is 0.313 e. The highest BCUT2D eigenvalue weighted by molar-refractivity contribution is 5.02. The van der Waals surface area contributed by atoms with Crippen molar-refractivity contribution in [3.63, 3.8) is 0 Å². The molecule has 0 aromatic carbocycles. The van der Waals surface area contributed by atoms with Crippen molar-refractivity contribution in [1.29, 1.82) is 0 Å². The van der Waals surface area contributed by atoms with Gasteiger partial charge in [0.1, 0.15) is 5.82 Å². The number of aromatic nitrogens is 3. The second-order valence-corrected chi connectivity index (χ2v) is 5.63. The molecule has 0 bridgehead atoms. The molecule has 0 fully saturated rings. The monoisotopic (exact) mass is 305 g/mol. The molecule has 1 N–H and O–H groups in total. The van der Waals surface area contributed by atoms with E-state index in [1.54, 1.807) is 0 Å². The molecule has 0 aliphatic carbocycles. The molecule has 1 aromatic rings. The second kappa shape index (κ2) is 6.31. The molecule has 1 aromatic heterocycles. The predicted octanol–water partition coefficient (Wildman–Crippen LogP) is 1.89. The average Bonchev–Trinajstić information content (AvgIpc) is 2.87. The molecular weight excluding hydrogens is 283 g/mol. The molecule has 1 aliphatic rings. The van der Waals surface area contributed by atoms with Gasteiger partial charge < -0.3 is 9.88 Å². The van der Waals surface area contributed by atoms with Crippen molar-refractivity contribution in [2.75, 3.05) is 13.1 Å². The minimum Gasteiger partial charge on any atom is -0.313 e. The zero-order valence-electron chi connectivity index (χ0n) is 12.6. The van der Waals surface area contributed by atoms with Crippen LogP contribution in [0.25, 0.3) is 0 Å². The summed E-state index contributed by atoms with van der Waals surface area (Å²) in [6, 6.07) is 0.691. The van der Waals surface area contributed by atoms with Gasteiger partial charge in [0.15, 0.2) is 0 Å². The maximum Gasteiger partial charge on any atom is 0.451 e. The van der Waals surface area contributed by atoms with Crippen molar-refractivity contribution in [3.05, 3.63) is 11.6 Å². The van der Waals surface area contributed by atoms with Crippen LogP contribution >= 0.6 is 0 Å². The van der Waals surface area contributed by atoms with E-state index in [4.69, 9.17) is 0 Å². The number of nitrogens with zero attached hydrogens (tertiary/aromatic N) is 4. The van der Waals surface area contributed by atoms with Gasteiger partial charge in [-0.05, 0) is 20.3 Å². The van der Waals surface area contributed by atoms with E-state index in [2.05, 4.69) is 41.2 Å². The van der Waals surface area contributed by atoms with E-state index in [1.807, 2.05) is 0 Å². The number of alkyl halides is 3. The lowest BCUT2D eigenvalue weighted by atomic mass is 10.2. The Morgan fingerprint density at radius 1 is 1.24 bits per heavy atom. The Bertz CT molecular complexity index is 471. The van der Waals surface area contributed by atoms with Crippen LogP contribution in [0, 0.1) is 0 Å². The van der Waals surface area contributed by atoms with Crippen LogP contribution in [0.2, 0.25) is 0 Å². The highest BCUT2D eigenvalue weighted by Gasteiger charge is 2.39. The molecule has 2 heterocycles. The number of rotatable bonds is 5. The Balaban J connectivity index is 1.98. The maximum absolute atomic E-state index is 12.8. The summed E-state index contributed by atoms with van der Waals surface area (Å²) in [6.45, 7) is 8.40. The zero-order valence-corrected chi connectivity index (χ0v) is 12.6. The van der Waals surface area contributed by atoms with E-state index in [1.165, 1.54) is 4.57 Å². The van der Waals surface area contributed by atoms with E-state index in [9.17, 15) is 13.2 Å². The van der Waals surface area contributed by atoms with Gasteiger partial charge in [-0.3, -0.25) is 4.90 Å². The highest BCUT2D eigenvalue weighted by atomic mass is 19.4. The summed E-state index contributed by atoms with van der Waals surface area (Å²) in [5.41, 5.74) is 0. The van der Waals surface area contributed by atoms with Crippen LogP contribution in [-0.4, -0.2) is 44.8 Å². The van der Waals surface area contributed by atoms with Crippen LogP contribution in [0.4, 0.5) is 13.2 Å². The van der Waals surface area contributed by atoms with Gasteiger partial charge in [0.2, 0.25) is 5.82 Å². The highest BCUT2D eigenvalue weighted by Crippen LogP contribution is 2.29. The summed E-state index contributed by atoms with van der Waals surface area (Å²) >= 11 is 0. The van der Waals surface area contributed by atoms with E-state index < -0.39 is 12.0 Å². The van der Waals surface area contributed by atoms with Crippen molar-refractivity contribution in [3.8, 4) is 0 Å². The molecule has 2 rings (SSSR count). The fourth-order valence-corrected chi connectivity index (χ4v) is 2.41. The van der Waals surface area contributed by atoms with Gasteiger partial charge in [-0.15, -0.1) is 10.2 Å². The lowest BCUT2D eigenvalue weighted by Gasteiger charge is -2.33. The van der Waals surface area contributed by atoms with Crippen LogP contribution in [0.1, 0.15) is 38.8 Å². The van der Waals surface area contributed by atoms with Crippen LogP contribution in [0.5, 0.6) is 0 Å². The van der Waals surface area contributed by atoms with E-state index >= 15 is 0 Å². The SMILES string of the molecule is CCC(C)NCC(C)N1CCn2c(nnc2C(F)(F)F)C1. The largest absolute Gasteiger partial charge is 0.451 e. The van der Waals surface area contributed by atoms with Gasteiger partial charge in [0, 0.05) is 31.7 Å². The van der Waals surface area contributed by atoms with Crippen molar-refractivity contribution in [2.45, 2.75) is 58.5 Å². The Labute approximate surface area is 122 Å². The summed E-state index contributed by atoms with van der Waals surface area (Å²) in [5.74, 6) is -0.494. The Morgan fingerprint density at radius 3 is 2.57 bits per heavy atom. The van der Waals surface area contributed by atoms with Crippen LogP contribution < -0.4 is 5.32 Å². The third-order valence-electron chi connectivity index (χ3n) is 4.03. The van der Waals surface area contributed by atoms with Crippen LogP contribution in [0.3, 0.4) is 0 Å². The number of fused-ring (bicyclic) bond motifs is 1. The van der Waals surface area contributed by atoms with Crippen molar-refractivity contribution < 1.29 is 13.2 Å². The third-order valence-corrected chi connectivity index (χ3v) is 4.03. The van der Waals surface area contributed by atoms with Crippen LogP contribution in [-0.2, 0) is 19.3 Å². The molecule has 8 heteroatoms. The van der Waals surface area contributed by atoms with Crippen molar-refractivity contribution in [2.24, 2.45) is 0 Å². The summed E-state index contributed by atoms with van der Waals surface area (Å²) in [7, 11) is 0. The molecule has 2 atom stereocenters. The topological polar surface area (TPSA) is 46.0 Å². The fourth-order valence-electron chi connectivity index (χ4n) is 2.41. The van der Waals surface area contributed by atoms with Crippen molar-refractivity contribution in [1.82, 2.24) is 25.0 Å². The first-order valence-corrected chi connectivity index (χ1v) is 7.29. The first-order chi connectivity index (χ1) is 9.82. The lowest BCUT2D eigenvalue weighted by molar-refractivity contribution is -0.148. The zero-order chi connectivity index (χ0) is 15.6. The Morgan fingerprint density at radius 2 is 1.95 bits per heavy atom. The quantitative estimate of drug-likeness (QED) is 0.902. The first-order valence-electron chi connectivity index (χ1n) is 7.29. The minimum atomic E-state index is -4.43. The molecule has 0 spiro atoms. The lowest BCUT2D eigenvalue weighted by Crippen LogP contribution is -2.46. The van der Waals surface area contributed by atoms with E-state index in [0.717, 1.165) is 13.0 Å². The van der Waals surface area contributed by atoms with Crippen LogP contribution in [0.15, 0.2) is 0 Å². The van der Waals surface area contributed by atoms with Gasteiger partial charge in [0.25, 0.3) is 0 Å². The molecule has 1 aliphatic heterocycles. The summed E-state index contributed by atoms with van der Waals surface area (Å²) in [4.78, 5) is 2.14. The average molecular weight is 305 g/mol. The number of nitrogens with one attached hydrogen (secondary N) is 1. The molecule has 2 unspecified atom stereocenters. The summed E-state index contributed by atoms with van der Waals surface area (Å²) in [5, 5.41) is 10.4. The van der Waals surface area contributed by atoms with Gasteiger partial charge in [-0.2, -0.15) is 13.2 Å². The Kier molecular flexibility index (Phi) is 4.88. The third kappa shape index (κ3) is 3.74. The number of hydrogen-bond acceptors (Lipinski definition) is 4. The fraction of sp³-hybridized carbons (Fsp3) is 0.846.